The fraction of sp³-hybridized carbons (Fsp3) is 0.286. The fourth-order valence-corrected chi connectivity index (χ4v) is 3.91. The summed E-state index contributed by atoms with van der Waals surface area (Å²) in [5, 5.41) is 7.50. The third-order valence-corrected chi connectivity index (χ3v) is 5.33. The van der Waals surface area contributed by atoms with Gasteiger partial charge in [0.25, 0.3) is 5.91 Å². The van der Waals surface area contributed by atoms with Crippen LogP contribution in [0.3, 0.4) is 0 Å². The highest BCUT2D eigenvalue weighted by Crippen LogP contribution is 2.34. The number of fused-ring (bicyclic) bond motifs is 1. The molecule has 3 aromatic rings. The number of carbonyl (C=O) groups is 1. The van der Waals surface area contributed by atoms with E-state index in [1.54, 1.807) is 16.5 Å². The Morgan fingerprint density at radius 3 is 3.04 bits per heavy atom. The monoisotopic (exact) mass is 349 g/mol. The molecule has 1 unspecified atom stereocenters. The Labute approximate surface area is 139 Å². The number of anilines is 2. The quantitative estimate of drug-likeness (QED) is 0.787. The molecule has 0 saturated carbocycles. The first-order valence-corrected chi connectivity index (χ1v) is 8.75. The molecule has 23 heavy (non-hydrogen) atoms. The molecular weight excluding hydrogens is 337 g/mol. The number of halogens is 1. The number of hydrogen-bond donors (Lipinski definition) is 1. The highest BCUT2D eigenvalue weighted by Gasteiger charge is 2.46. The molecule has 1 amide bonds. The molecule has 9 heteroatoms. The van der Waals surface area contributed by atoms with E-state index in [1.165, 1.54) is 29.0 Å². The predicted molar refractivity (Wildman–Crippen MR) is 88.8 cm³/mol. The largest absolute Gasteiger partial charge is 0.352 e. The minimum Gasteiger partial charge on any atom is -0.352 e. The zero-order valence-corrected chi connectivity index (χ0v) is 13.5. The molecule has 1 saturated heterocycles. The van der Waals surface area contributed by atoms with Crippen LogP contribution in [0.4, 0.5) is 15.3 Å². The molecule has 0 radical (unpaired) electrons. The van der Waals surface area contributed by atoms with Crippen LogP contribution in [-0.2, 0) is 4.79 Å². The zero-order chi connectivity index (χ0) is 15.9. The number of nitrogens with zero attached hydrogens (tertiary/aromatic N) is 4. The predicted octanol–water partition coefficient (Wildman–Crippen LogP) is 2.70. The average Bonchev–Trinajstić information content (AvgIpc) is 3.26. The smallest absolute Gasteiger partial charge is 0.265 e. The molecule has 1 atom stereocenters. The second-order valence-corrected chi connectivity index (χ2v) is 7.05. The van der Waals surface area contributed by atoms with E-state index in [0.29, 0.717) is 17.5 Å². The van der Waals surface area contributed by atoms with Crippen LogP contribution in [0.15, 0.2) is 29.4 Å². The van der Waals surface area contributed by atoms with Crippen molar-refractivity contribution in [2.24, 2.45) is 0 Å². The van der Waals surface area contributed by atoms with Gasteiger partial charge in [0.1, 0.15) is 17.0 Å². The van der Waals surface area contributed by atoms with Gasteiger partial charge in [-0.3, -0.25) is 10.1 Å². The molecule has 1 aliphatic heterocycles. The van der Waals surface area contributed by atoms with Crippen molar-refractivity contribution in [2.75, 3.05) is 23.3 Å². The molecule has 6 nitrogen and oxygen atoms in total. The molecule has 1 aliphatic rings. The van der Waals surface area contributed by atoms with Crippen molar-refractivity contribution in [1.82, 2.24) is 15.0 Å². The van der Waals surface area contributed by atoms with Gasteiger partial charge in [-0.15, -0.1) is 22.7 Å². The molecule has 0 aliphatic carbocycles. The summed E-state index contributed by atoms with van der Waals surface area (Å²) in [5.74, 6) is 0.0309. The van der Waals surface area contributed by atoms with Crippen LogP contribution in [-0.4, -0.2) is 39.6 Å². The SMILES string of the molecule is O=C(Nc1nccs1)C1(F)CCN(c2ncnc3sccc23)C1. The number of rotatable bonds is 3. The summed E-state index contributed by atoms with van der Waals surface area (Å²) in [6.07, 6.45) is 3.17. The van der Waals surface area contributed by atoms with E-state index < -0.39 is 11.6 Å². The molecule has 3 aromatic heterocycles. The van der Waals surface area contributed by atoms with Crippen LogP contribution >= 0.6 is 22.7 Å². The van der Waals surface area contributed by atoms with Crippen molar-refractivity contribution in [2.45, 2.75) is 12.1 Å². The molecule has 118 valence electrons. The maximum absolute atomic E-state index is 15.0. The standard InChI is InChI=1S/C14H12FN5OS2/c15-14(12(21)19-13-16-3-6-23-13)2-4-20(7-14)10-9-1-5-22-11(9)18-8-17-10/h1,3,5-6,8H,2,4,7H2,(H,16,19,21). The van der Waals surface area contributed by atoms with E-state index in [-0.39, 0.29) is 13.0 Å². The van der Waals surface area contributed by atoms with Crippen LogP contribution in [0, 0.1) is 0 Å². The highest BCUT2D eigenvalue weighted by molar-refractivity contribution is 7.16. The zero-order valence-electron chi connectivity index (χ0n) is 11.9. The minimum atomic E-state index is -1.95. The first-order chi connectivity index (χ1) is 11.2. The van der Waals surface area contributed by atoms with Gasteiger partial charge in [-0.1, -0.05) is 0 Å². The van der Waals surface area contributed by atoms with E-state index in [9.17, 15) is 4.79 Å². The number of aromatic nitrogens is 3. The summed E-state index contributed by atoms with van der Waals surface area (Å²) in [6.45, 7) is 0.413. The van der Waals surface area contributed by atoms with E-state index in [2.05, 4.69) is 20.3 Å². The van der Waals surface area contributed by atoms with Crippen molar-refractivity contribution in [3.05, 3.63) is 29.4 Å². The van der Waals surface area contributed by atoms with Crippen LogP contribution in [0.2, 0.25) is 0 Å². The summed E-state index contributed by atoms with van der Waals surface area (Å²) in [6, 6.07) is 1.92. The van der Waals surface area contributed by atoms with Gasteiger partial charge in [0.05, 0.1) is 11.9 Å². The van der Waals surface area contributed by atoms with Crippen molar-refractivity contribution >= 4 is 49.7 Å². The molecule has 1 fully saturated rings. The van der Waals surface area contributed by atoms with E-state index in [4.69, 9.17) is 0 Å². The number of carbonyl (C=O) groups excluding carboxylic acids is 1. The number of alkyl halides is 1. The van der Waals surface area contributed by atoms with Gasteiger partial charge in [-0.05, 0) is 11.4 Å². The molecule has 0 aromatic carbocycles. The molecular formula is C14H12FN5OS2. The lowest BCUT2D eigenvalue weighted by atomic mass is 10.1. The first-order valence-electron chi connectivity index (χ1n) is 6.99. The van der Waals surface area contributed by atoms with E-state index >= 15 is 4.39 Å². The Morgan fingerprint density at radius 1 is 1.30 bits per heavy atom. The maximum atomic E-state index is 15.0. The van der Waals surface area contributed by atoms with Crippen LogP contribution in [0.1, 0.15) is 6.42 Å². The summed E-state index contributed by atoms with van der Waals surface area (Å²) >= 11 is 2.78. The van der Waals surface area contributed by atoms with Crippen LogP contribution in [0.25, 0.3) is 10.2 Å². The van der Waals surface area contributed by atoms with Gasteiger partial charge >= 0.3 is 0 Å². The lowest BCUT2D eigenvalue weighted by Crippen LogP contribution is -2.41. The summed E-state index contributed by atoms with van der Waals surface area (Å²) in [4.78, 5) is 27.3. The van der Waals surface area contributed by atoms with Gasteiger partial charge in [0, 0.05) is 24.5 Å². The Morgan fingerprint density at radius 2 is 2.22 bits per heavy atom. The minimum absolute atomic E-state index is 0.0217. The van der Waals surface area contributed by atoms with Gasteiger partial charge < -0.3 is 4.90 Å². The Hall–Kier alpha value is -2.13. The normalized spacial score (nSPS) is 21.0. The lowest BCUT2D eigenvalue weighted by molar-refractivity contribution is -0.126. The number of thiophene rings is 1. The second-order valence-electron chi connectivity index (χ2n) is 5.26. The van der Waals surface area contributed by atoms with Gasteiger partial charge in [0.2, 0.25) is 5.67 Å². The first kappa shape index (κ1) is 14.5. The van der Waals surface area contributed by atoms with Crippen LogP contribution < -0.4 is 10.2 Å². The Kier molecular flexibility index (Phi) is 3.46. The third-order valence-electron chi connectivity index (χ3n) is 3.82. The number of thiazole rings is 1. The molecule has 1 N–H and O–H groups in total. The van der Waals surface area contributed by atoms with Crippen molar-refractivity contribution in [1.29, 1.82) is 0 Å². The Balaban J connectivity index is 1.56. The van der Waals surface area contributed by atoms with Crippen molar-refractivity contribution < 1.29 is 9.18 Å². The highest BCUT2D eigenvalue weighted by atomic mass is 32.1. The molecule has 0 spiro atoms. The molecule has 0 bridgehead atoms. The van der Waals surface area contributed by atoms with Crippen LogP contribution in [0.5, 0.6) is 0 Å². The maximum Gasteiger partial charge on any atom is 0.265 e. The number of amides is 1. The topological polar surface area (TPSA) is 71.0 Å². The lowest BCUT2D eigenvalue weighted by Gasteiger charge is -2.20. The average molecular weight is 349 g/mol. The Bertz CT molecular complexity index is 852. The molecule has 4 rings (SSSR count). The van der Waals surface area contributed by atoms with Crippen molar-refractivity contribution in [3.8, 4) is 0 Å². The van der Waals surface area contributed by atoms with Gasteiger partial charge in [-0.2, -0.15) is 0 Å². The second kappa shape index (κ2) is 5.50. The number of hydrogen-bond acceptors (Lipinski definition) is 7. The summed E-state index contributed by atoms with van der Waals surface area (Å²) < 4.78 is 15.0. The fourth-order valence-electron chi connectivity index (χ4n) is 2.66. The van der Waals surface area contributed by atoms with E-state index in [0.717, 1.165) is 10.2 Å². The van der Waals surface area contributed by atoms with Crippen molar-refractivity contribution in [3.63, 3.8) is 0 Å². The van der Waals surface area contributed by atoms with Gasteiger partial charge in [0.15, 0.2) is 5.13 Å². The summed E-state index contributed by atoms with van der Waals surface area (Å²) in [7, 11) is 0. The molecule has 4 heterocycles. The third kappa shape index (κ3) is 2.55. The van der Waals surface area contributed by atoms with E-state index in [1.807, 2.05) is 11.4 Å². The summed E-state index contributed by atoms with van der Waals surface area (Å²) in [5.41, 5.74) is -1.95. The van der Waals surface area contributed by atoms with Gasteiger partial charge in [-0.25, -0.2) is 19.3 Å². The number of nitrogens with one attached hydrogen (secondary N) is 1.